The molecule has 1 heterocycles. The second kappa shape index (κ2) is 4.66. The van der Waals surface area contributed by atoms with Gasteiger partial charge in [-0.3, -0.25) is 15.1 Å². The molecule has 0 aliphatic carbocycles. The van der Waals surface area contributed by atoms with Gasteiger partial charge in [0.15, 0.2) is 0 Å². The average Bonchev–Trinajstić information content (AvgIpc) is 2.34. The third-order valence-corrected chi connectivity index (χ3v) is 2.16. The second-order valence-corrected chi connectivity index (χ2v) is 3.39. The van der Waals surface area contributed by atoms with Crippen LogP contribution in [0, 0.1) is 15.9 Å². The smallest absolute Gasteiger partial charge is 0.329 e. The Morgan fingerprint density at radius 1 is 1.39 bits per heavy atom. The number of hydrogen-bond acceptors (Lipinski definition) is 5. The van der Waals surface area contributed by atoms with E-state index in [1.165, 1.54) is 24.4 Å². The fourth-order valence-electron chi connectivity index (χ4n) is 1.30. The summed E-state index contributed by atoms with van der Waals surface area (Å²) in [4.78, 5) is 13.7. The highest BCUT2D eigenvalue weighted by atomic mass is 19.1. The maximum Gasteiger partial charge on any atom is 0.329 e. The lowest BCUT2D eigenvalue weighted by molar-refractivity contribution is -0.386. The normalized spacial score (nSPS) is 10.1. The van der Waals surface area contributed by atoms with E-state index in [1.807, 2.05) is 0 Å². The van der Waals surface area contributed by atoms with Crippen LogP contribution in [0.15, 0.2) is 36.7 Å². The number of nitrogens with zero attached hydrogens (tertiary/aromatic N) is 2. The summed E-state index contributed by atoms with van der Waals surface area (Å²) in [6.07, 6.45) is 2.40. The highest BCUT2D eigenvalue weighted by molar-refractivity contribution is 5.48. The zero-order chi connectivity index (χ0) is 13.1. The van der Waals surface area contributed by atoms with Gasteiger partial charge >= 0.3 is 5.69 Å². The Hall–Kier alpha value is -2.70. The topological polar surface area (TPSA) is 91.3 Å². The Kier molecular flexibility index (Phi) is 3.05. The van der Waals surface area contributed by atoms with Crippen LogP contribution < -0.4 is 10.5 Å². The number of hydrogen-bond donors (Lipinski definition) is 1. The third-order valence-electron chi connectivity index (χ3n) is 2.16. The summed E-state index contributed by atoms with van der Waals surface area (Å²) in [5.74, 6) is -0.542. The second-order valence-electron chi connectivity index (χ2n) is 3.39. The van der Waals surface area contributed by atoms with Gasteiger partial charge in [-0.25, -0.2) is 4.39 Å². The van der Waals surface area contributed by atoms with E-state index in [-0.39, 0.29) is 22.9 Å². The molecule has 92 valence electrons. The molecule has 7 heteroatoms. The molecule has 0 bridgehead atoms. The van der Waals surface area contributed by atoms with Gasteiger partial charge in [0.1, 0.15) is 17.8 Å². The van der Waals surface area contributed by atoms with Crippen molar-refractivity contribution in [1.82, 2.24) is 4.98 Å². The summed E-state index contributed by atoms with van der Waals surface area (Å²) < 4.78 is 18.4. The number of nitro groups is 1. The van der Waals surface area contributed by atoms with Crippen LogP contribution in [0.1, 0.15) is 0 Å². The van der Waals surface area contributed by atoms with E-state index in [1.54, 1.807) is 0 Å². The van der Waals surface area contributed by atoms with Gasteiger partial charge in [-0.05, 0) is 12.1 Å². The van der Waals surface area contributed by atoms with E-state index in [0.29, 0.717) is 0 Å². The Bertz CT molecular complexity index is 604. The van der Waals surface area contributed by atoms with Crippen LogP contribution in [0.3, 0.4) is 0 Å². The molecule has 2 aromatic rings. The van der Waals surface area contributed by atoms with Gasteiger partial charge in [-0.2, -0.15) is 0 Å². The molecule has 18 heavy (non-hydrogen) atoms. The Morgan fingerprint density at radius 2 is 2.17 bits per heavy atom. The van der Waals surface area contributed by atoms with Crippen molar-refractivity contribution >= 4 is 11.4 Å². The molecule has 2 N–H and O–H groups in total. The van der Waals surface area contributed by atoms with Gasteiger partial charge in [0.25, 0.3) is 0 Å². The summed E-state index contributed by atoms with van der Waals surface area (Å²) >= 11 is 0. The number of rotatable bonds is 3. The first kappa shape index (κ1) is 11.8. The highest BCUT2D eigenvalue weighted by Gasteiger charge is 2.15. The predicted molar refractivity (Wildman–Crippen MR) is 61.8 cm³/mol. The van der Waals surface area contributed by atoms with E-state index < -0.39 is 10.7 Å². The minimum Gasteiger partial charge on any atom is -0.450 e. The first-order chi connectivity index (χ1) is 8.58. The first-order valence-corrected chi connectivity index (χ1v) is 4.89. The molecule has 1 aromatic carbocycles. The van der Waals surface area contributed by atoms with E-state index in [4.69, 9.17) is 10.5 Å². The maximum absolute atomic E-state index is 13.2. The molecule has 0 saturated carbocycles. The van der Waals surface area contributed by atoms with Gasteiger partial charge in [0.05, 0.1) is 10.6 Å². The zero-order valence-electron chi connectivity index (χ0n) is 9.04. The first-order valence-electron chi connectivity index (χ1n) is 4.89. The van der Waals surface area contributed by atoms with Crippen molar-refractivity contribution in [1.29, 1.82) is 0 Å². The van der Waals surface area contributed by atoms with Crippen molar-refractivity contribution in [2.75, 3.05) is 5.73 Å². The number of benzene rings is 1. The number of nitrogens with two attached hydrogens (primary N) is 1. The third kappa shape index (κ3) is 2.34. The molecule has 0 atom stereocenters. The summed E-state index contributed by atoms with van der Waals surface area (Å²) in [7, 11) is 0. The van der Waals surface area contributed by atoms with Crippen molar-refractivity contribution < 1.29 is 14.1 Å². The van der Waals surface area contributed by atoms with Crippen LogP contribution in [-0.4, -0.2) is 9.91 Å². The van der Waals surface area contributed by atoms with Crippen LogP contribution in [0.4, 0.5) is 15.8 Å². The standard InChI is InChI=1S/C11H8FN3O3/c12-8-5-7(1-2-9(8)13)18-11-3-4-14-6-10(11)15(16)17/h1-6H,13H2. The monoisotopic (exact) mass is 249 g/mol. The van der Waals surface area contributed by atoms with Crippen LogP contribution in [-0.2, 0) is 0 Å². The Labute approximate surface area is 101 Å². The average molecular weight is 249 g/mol. The lowest BCUT2D eigenvalue weighted by Gasteiger charge is -2.06. The largest absolute Gasteiger partial charge is 0.450 e. The molecule has 0 fully saturated rings. The van der Waals surface area contributed by atoms with E-state index in [2.05, 4.69) is 4.98 Å². The van der Waals surface area contributed by atoms with E-state index >= 15 is 0 Å². The fraction of sp³-hybridized carbons (Fsp3) is 0. The lowest BCUT2D eigenvalue weighted by Crippen LogP contribution is -1.95. The van der Waals surface area contributed by atoms with Gasteiger partial charge in [0.2, 0.25) is 5.75 Å². The molecular formula is C11H8FN3O3. The SMILES string of the molecule is Nc1ccc(Oc2ccncc2[N+](=O)[O-])cc1F. The molecule has 0 unspecified atom stereocenters. The number of ether oxygens (including phenoxy) is 1. The van der Waals surface area contributed by atoms with Crippen LogP contribution in [0.5, 0.6) is 11.5 Å². The number of pyridine rings is 1. The molecule has 0 aliphatic heterocycles. The predicted octanol–water partition coefficient (Wildman–Crippen LogP) is 2.50. The molecule has 0 aliphatic rings. The number of nitrogen functional groups attached to an aromatic ring is 1. The molecule has 0 saturated heterocycles. The number of anilines is 1. The van der Waals surface area contributed by atoms with Crippen molar-refractivity contribution in [3.05, 3.63) is 52.6 Å². The van der Waals surface area contributed by atoms with Crippen molar-refractivity contribution in [2.24, 2.45) is 0 Å². The highest BCUT2D eigenvalue weighted by Crippen LogP contribution is 2.30. The van der Waals surface area contributed by atoms with E-state index in [0.717, 1.165) is 12.3 Å². The zero-order valence-corrected chi connectivity index (χ0v) is 9.04. The number of aromatic nitrogens is 1. The van der Waals surface area contributed by atoms with Crippen LogP contribution >= 0.6 is 0 Å². The Morgan fingerprint density at radius 3 is 2.83 bits per heavy atom. The van der Waals surface area contributed by atoms with Gasteiger partial charge in [0, 0.05) is 18.3 Å². The molecule has 1 aromatic heterocycles. The molecule has 2 rings (SSSR count). The summed E-state index contributed by atoms with van der Waals surface area (Å²) in [6, 6.07) is 5.12. The summed E-state index contributed by atoms with van der Waals surface area (Å²) in [5, 5.41) is 10.7. The van der Waals surface area contributed by atoms with Gasteiger partial charge < -0.3 is 10.5 Å². The van der Waals surface area contributed by atoms with E-state index in [9.17, 15) is 14.5 Å². The molecule has 0 radical (unpaired) electrons. The van der Waals surface area contributed by atoms with Crippen molar-refractivity contribution in [3.8, 4) is 11.5 Å². The fourth-order valence-corrected chi connectivity index (χ4v) is 1.30. The molecule has 6 nitrogen and oxygen atoms in total. The van der Waals surface area contributed by atoms with Gasteiger partial charge in [-0.15, -0.1) is 0 Å². The molecular weight excluding hydrogens is 241 g/mol. The quantitative estimate of drug-likeness (QED) is 0.512. The van der Waals surface area contributed by atoms with Crippen LogP contribution in [0.25, 0.3) is 0 Å². The number of halogens is 1. The molecule has 0 amide bonds. The maximum atomic E-state index is 13.2. The Balaban J connectivity index is 2.34. The lowest BCUT2D eigenvalue weighted by atomic mass is 10.3. The summed E-state index contributed by atoms with van der Waals surface area (Å²) in [5.41, 5.74) is 4.99. The van der Waals surface area contributed by atoms with Crippen molar-refractivity contribution in [2.45, 2.75) is 0 Å². The van der Waals surface area contributed by atoms with Crippen molar-refractivity contribution in [3.63, 3.8) is 0 Å². The minimum atomic E-state index is -0.649. The minimum absolute atomic E-state index is 0.0147. The van der Waals surface area contributed by atoms with Crippen LogP contribution in [0.2, 0.25) is 0 Å². The van der Waals surface area contributed by atoms with Gasteiger partial charge in [-0.1, -0.05) is 0 Å². The molecule has 0 spiro atoms. The summed E-state index contributed by atoms with van der Waals surface area (Å²) in [6.45, 7) is 0.